The van der Waals surface area contributed by atoms with E-state index < -0.39 is 5.41 Å². The number of ether oxygens (including phenoxy) is 1. The Morgan fingerprint density at radius 1 is 0.822 bits per heavy atom. The summed E-state index contributed by atoms with van der Waals surface area (Å²) in [6.07, 6.45) is 3.23. The summed E-state index contributed by atoms with van der Waals surface area (Å²) >= 11 is 0. The Bertz CT molecular complexity index is 2170. The van der Waals surface area contributed by atoms with Gasteiger partial charge in [-0.25, -0.2) is 0 Å². The molecule has 1 aliphatic rings. The number of carbonyl (C=O) groups is 1. The van der Waals surface area contributed by atoms with Crippen molar-refractivity contribution in [3.05, 3.63) is 96.1 Å². The third-order valence-electron chi connectivity index (χ3n) is 8.12. The number of aryl methyl sites for hydroxylation is 2. The molecule has 0 unspecified atom stereocenters. The molecule has 0 saturated carbocycles. The van der Waals surface area contributed by atoms with Gasteiger partial charge in [0.1, 0.15) is 11.5 Å². The summed E-state index contributed by atoms with van der Waals surface area (Å²) in [4.78, 5) is 20.9. The number of hydrogen-bond acceptors (Lipinski definition) is 5. The van der Waals surface area contributed by atoms with Crippen molar-refractivity contribution in [3.63, 3.8) is 0 Å². The summed E-state index contributed by atoms with van der Waals surface area (Å²) < 4.78 is 6.49. The first-order valence-corrected chi connectivity index (χ1v) is 14.9. The second-order valence-electron chi connectivity index (χ2n) is 13.7. The first kappa shape index (κ1) is 32.3. The van der Waals surface area contributed by atoms with E-state index in [-0.39, 0.29) is 37.1 Å². The van der Waals surface area contributed by atoms with Gasteiger partial charge in [-0.2, -0.15) is 0 Å². The maximum Gasteiger partial charge on any atom is 0.164 e. The van der Waals surface area contributed by atoms with Crippen molar-refractivity contribution in [2.24, 2.45) is 10.8 Å². The molecule has 0 fully saturated rings. The topological polar surface area (TPSA) is 72.3 Å². The van der Waals surface area contributed by atoms with Gasteiger partial charge >= 0.3 is 0 Å². The molecule has 2 aromatic heterocycles. The van der Waals surface area contributed by atoms with E-state index in [2.05, 4.69) is 66.5 Å². The zero-order valence-corrected chi connectivity index (χ0v) is 29.3. The number of aliphatic hydroxyl groups excluding tert-OH is 1. The molecule has 231 valence electrons. The molecule has 1 aliphatic heterocycles. The van der Waals surface area contributed by atoms with Crippen LogP contribution in [-0.4, -0.2) is 20.9 Å². The van der Waals surface area contributed by atoms with Gasteiger partial charge in [0.05, 0.1) is 5.75 Å². The minimum absolute atomic E-state index is 0. The second-order valence-corrected chi connectivity index (χ2v) is 13.7. The van der Waals surface area contributed by atoms with Gasteiger partial charge in [-0.1, -0.05) is 88.9 Å². The molecule has 0 amide bonds. The molecule has 0 aliphatic carbocycles. The fourth-order valence-corrected chi connectivity index (χ4v) is 5.55. The monoisotopic (exact) mass is 774 g/mol. The standard InChI is InChI=1S/C28H17N2O.C11H20O2.Ir/c1-15-11-22-19(16(2)30-15)7-8-20-21-9-10-29-28-24-12-17-5-3-4-6-18(17)13-25(24)31-26(27(21)28)14-23(20)22;1-10(2,3)8(12)7-9(13)11(4,5)6;/h3-11,13-14H,1-2H3;7,12H,1-6H3;/q-1;;/b;8-7-;. The molecule has 4 aromatic carbocycles. The average molecular weight is 774 g/mol. The summed E-state index contributed by atoms with van der Waals surface area (Å²) in [6, 6.07) is 24.7. The van der Waals surface area contributed by atoms with E-state index in [1.54, 1.807) is 0 Å². The molecule has 1 N–H and O–H groups in total. The van der Waals surface area contributed by atoms with E-state index in [1.165, 1.54) is 27.6 Å². The molecule has 6 heteroatoms. The van der Waals surface area contributed by atoms with Crippen molar-refractivity contribution in [2.75, 3.05) is 0 Å². The van der Waals surface area contributed by atoms with Crippen molar-refractivity contribution in [1.29, 1.82) is 0 Å². The number of hydrogen-bond donors (Lipinski definition) is 1. The molecule has 0 atom stereocenters. The van der Waals surface area contributed by atoms with Crippen molar-refractivity contribution < 1.29 is 34.7 Å². The minimum atomic E-state index is -0.417. The molecule has 1 radical (unpaired) electrons. The fourth-order valence-electron chi connectivity index (χ4n) is 5.55. The largest absolute Gasteiger partial charge is 0.512 e. The number of aliphatic hydroxyl groups is 1. The molecule has 7 rings (SSSR count). The molecule has 0 spiro atoms. The molecule has 6 aromatic rings. The van der Waals surface area contributed by atoms with Crippen LogP contribution in [-0.2, 0) is 24.9 Å². The molecule has 0 bridgehead atoms. The van der Waals surface area contributed by atoms with Crippen LogP contribution in [0.3, 0.4) is 0 Å². The summed E-state index contributed by atoms with van der Waals surface area (Å²) in [6.45, 7) is 15.2. The maximum absolute atomic E-state index is 11.5. The SMILES string of the molecule is CC(C)(C)C(=O)/C=C(\O)C(C)(C)C.Cc1cc2c(ccc3c4ccnc5c4c(cc23)Oc2cc3ccccc3[c-]c2-5)c(C)n1.[Ir]. The summed E-state index contributed by atoms with van der Waals surface area (Å²) in [5.74, 6) is 1.76. The number of nitrogens with zero attached hydrogens (tertiary/aromatic N) is 2. The van der Waals surface area contributed by atoms with Crippen molar-refractivity contribution in [2.45, 2.75) is 55.4 Å². The third-order valence-corrected chi connectivity index (χ3v) is 8.12. The van der Waals surface area contributed by atoms with Gasteiger partial charge in [-0.15, -0.1) is 17.5 Å². The first-order chi connectivity index (χ1) is 20.7. The average Bonchev–Trinajstić information content (AvgIpc) is 2.95. The number of fused-ring (bicyclic) bond motifs is 7. The Labute approximate surface area is 277 Å². The number of rotatable bonds is 1. The molecule has 5 nitrogen and oxygen atoms in total. The smallest absolute Gasteiger partial charge is 0.164 e. The summed E-state index contributed by atoms with van der Waals surface area (Å²) in [7, 11) is 0. The first-order valence-electron chi connectivity index (χ1n) is 14.9. The number of aromatic nitrogens is 2. The Hall–Kier alpha value is -4.12. The number of ketones is 1. The normalized spacial score (nSPS) is 12.8. The van der Waals surface area contributed by atoms with Crippen LogP contribution in [0, 0.1) is 30.7 Å². The van der Waals surface area contributed by atoms with Gasteiger partial charge in [0.25, 0.3) is 0 Å². The number of benzene rings is 4. The Morgan fingerprint density at radius 2 is 1.51 bits per heavy atom. The molecule has 45 heavy (non-hydrogen) atoms. The Kier molecular flexibility index (Phi) is 8.37. The zero-order chi connectivity index (χ0) is 31.6. The van der Waals surface area contributed by atoms with Crippen LogP contribution in [0.5, 0.6) is 11.5 Å². The van der Waals surface area contributed by atoms with Crippen LogP contribution in [0.2, 0.25) is 0 Å². The molecule has 3 heterocycles. The van der Waals surface area contributed by atoms with Crippen molar-refractivity contribution in [3.8, 4) is 22.8 Å². The van der Waals surface area contributed by atoms with Crippen molar-refractivity contribution in [1.82, 2.24) is 9.97 Å². The molecular weight excluding hydrogens is 737 g/mol. The minimum Gasteiger partial charge on any atom is -0.512 e. The van der Waals surface area contributed by atoms with E-state index >= 15 is 0 Å². The van der Waals surface area contributed by atoms with E-state index in [0.717, 1.165) is 55.7 Å². The van der Waals surface area contributed by atoms with Crippen molar-refractivity contribution >= 4 is 48.9 Å². The third kappa shape index (κ3) is 5.97. The van der Waals surface area contributed by atoms with E-state index in [9.17, 15) is 9.90 Å². The van der Waals surface area contributed by atoms with E-state index in [1.807, 2.05) is 66.8 Å². The van der Waals surface area contributed by atoms with Gasteiger partial charge < -0.3 is 9.84 Å². The van der Waals surface area contributed by atoms with E-state index in [4.69, 9.17) is 9.72 Å². The van der Waals surface area contributed by atoms with E-state index in [0.29, 0.717) is 0 Å². The number of carbonyl (C=O) groups excluding carboxylic acids is 1. The van der Waals surface area contributed by atoms with Crippen LogP contribution in [0.15, 0.2) is 78.7 Å². The van der Waals surface area contributed by atoms with Crippen LogP contribution in [0.4, 0.5) is 0 Å². The van der Waals surface area contributed by atoms with Gasteiger partial charge in [-0.3, -0.25) is 14.8 Å². The van der Waals surface area contributed by atoms with Crippen LogP contribution in [0.25, 0.3) is 54.3 Å². The molecular formula is C39H37IrN2O3-. The van der Waals surface area contributed by atoms with Crippen LogP contribution in [0.1, 0.15) is 52.9 Å². The number of allylic oxidation sites excluding steroid dienone is 2. The van der Waals surface area contributed by atoms with Crippen LogP contribution >= 0.6 is 0 Å². The van der Waals surface area contributed by atoms with Gasteiger partial charge in [0, 0.05) is 71.1 Å². The summed E-state index contributed by atoms with van der Waals surface area (Å²) in [5, 5.41) is 18.7. The van der Waals surface area contributed by atoms with Gasteiger partial charge in [0.2, 0.25) is 0 Å². The number of pyridine rings is 2. The Balaban J connectivity index is 0.000000246. The second kappa shape index (κ2) is 11.7. The molecule has 0 saturated heterocycles. The summed E-state index contributed by atoms with van der Waals surface area (Å²) in [5.41, 5.74) is 3.17. The van der Waals surface area contributed by atoms with Gasteiger partial charge in [0.15, 0.2) is 5.78 Å². The van der Waals surface area contributed by atoms with Crippen LogP contribution < -0.4 is 4.74 Å². The zero-order valence-electron chi connectivity index (χ0n) is 26.9. The quantitative estimate of drug-likeness (QED) is 0.0779. The predicted molar refractivity (Wildman–Crippen MR) is 181 cm³/mol. The fraction of sp³-hybridized carbons (Fsp3) is 0.256. The Morgan fingerprint density at radius 3 is 2.22 bits per heavy atom. The predicted octanol–water partition coefficient (Wildman–Crippen LogP) is 10.4. The maximum atomic E-state index is 11.5. The van der Waals surface area contributed by atoms with Gasteiger partial charge in [-0.05, 0) is 53.6 Å².